The summed E-state index contributed by atoms with van der Waals surface area (Å²) in [6.45, 7) is -0.439. The number of hydrogen-bond donors (Lipinski definition) is 0. The van der Waals surface area contributed by atoms with Crippen molar-refractivity contribution in [2.75, 3.05) is 13.1 Å². The molecule has 0 N–H and O–H groups in total. The van der Waals surface area contributed by atoms with Crippen LogP contribution in [0.25, 0.3) is 11.0 Å². The van der Waals surface area contributed by atoms with Crippen molar-refractivity contribution in [3.05, 3.63) is 40.3 Å². The first-order valence-corrected chi connectivity index (χ1v) is 9.95. The van der Waals surface area contributed by atoms with Crippen LogP contribution in [0.4, 0.5) is 8.78 Å². The van der Waals surface area contributed by atoms with Gasteiger partial charge in [-0.25, -0.2) is 23.2 Å². The monoisotopic (exact) mass is 417 g/mol. The van der Waals surface area contributed by atoms with Crippen LogP contribution >= 0.6 is 0 Å². The Hall–Kier alpha value is -3.11. The molecule has 0 bridgehead atoms. The van der Waals surface area contributed by atoms with Gasteiger partial charge in [0.05, 0.1) is 18.8 Å². The van der Waals surface area contributed by atoms with Gasteiger partial charge in [-0.05, 0) is 25.0 Å². The first-order valence-electron chi connectivity index (χ1n) is 9.95. The lowest BCUT2D eigenvalue weighted by atomic mass is 10.0. The average molecular weight is 417 g/mol. The number of alkyl halides is 2. The number of rotatable bonds is 3. The Kier molecular flexibility index (Phi) is 4.23. The molecular formula is C19H21F2N7O2. The van der Waals surface area contributed by atoms with E-state index in [1.165, 1.54) is 14.1 Å². The summed E-state index contributed by atoms with van der Waals surface area (Å²) in [4.78, 5) is 31.5. The quantitative estimate of drug-likeness (QED) is 0.637. The highest BCUT2D eigenvalue weighted by Crippen LogP contribution is 2.31. The molecule has 1 fully saturated rings. The summed E-state index contributed by atoms with van der Waals surface area (Å²) in [5.74, 6) is -2.78. The van der Waals surface area contributed by atoms with E-state index in [1.807, 2.05) is 6.07 Å². The molecule has 30 heavy (non-hydrogen) atoms. The molecule has 0 spiro atoms. The Morgan fingerprint density at radius 1 is 1.33 bits per heavy atom. The topological polar surface area (TPSA) is 90.8 Å². The van der Waals surface area contributed by atoms with Crippen molar-refractivity contribution in [1.82, 2.24) is 34.0 Å². The molecule has 9 nitrogen and oxygen atoms in total. The summed E-state index contributed by atoms with van der Waals surface area (Å²) in [5, 5.41) is 9.70. The number of hydrogen-bond acceptors (Lipinski definition) is 5. The summed E-state index contributed by atoms with van der Waals surface area (Å²) in [5.41, 5.74) is 0.935. The average Bonchev–Trinajstić information content (AvgIpc) is 3.36. The summed E-state index contributed by atoms with van der Waals surface area (Å²) >= 11 is 0. The highest BCUT2D eigenvalue weighted by Gasteiger charge is 2.43. The highest BCUT2D eigenvalue weighted by molar-refractivity contribution is 5.81. The first-order chi connectivity index (χ1) is 14.3. The van der Waals surface area contributed by atoms with E-state index in [0.717, 1.165) is 5.39 Å². The summed E-state index contributed by atoms with van der Waals surface area (Å²) in [6, 6.07) is 2.90. The fourth-order valence-electron chi connectivity index (χ4n) is 4.42. The molecule has 0 unspecified atom stereocenters. The summed E-state index contributed by atoms with van der Waals surface area (Å²) in [7, 11) is 1.78. The number of aryl methyl sites for hydroxylation is 2. The molecule has 0 aromatic carbocycles. The zero-order valence-corrected chi connectivity index (χ0v) is 16.5. The molecule has 1 atom stereocenters. The van der Waals surface area contributed by atoms with Gasteiger partial charge in [0.15, 0.2) is 5.65 Å². The van der Waals surface area contributed by atoms with Crippen LogP contribution in [0, 0.1) is 0 Å². The Labute approximate surface area is 169 Å². The molecule has 0 radical (unpaired) electrons. The maximum atomic E-state index is 13.6. The van der Waals surface area contributed by atoms with Crippen LogP contribution in [0.1, 0.15) is 36.8 Å². The Bertz CT molecular complexity index is 1200. The van der Waals surface area contributed by atoms with E-state index >= 15 is 0 Å². The van der Waals surface area contributed by atoms with E-state index in [9.17, 15) is 18.4 Å². The van der Waals surface area contributed by atoms with Crippen molar-refractivity contribution < 1.29 is 13.6 Å². The first kappa shape index (κ1) is 18.9. The molecule has 2 aliphatic rings. The van der Waals surface area contributed by atoms with E-state index in [4.69, 9.17) is 0 Å². The van der Waals surface area contributed by atoms with Gasteiger partial charge in [-0.2, -0.15) is 10.2 Å². The molecule has 1 saturated heterocycles. The number of amides is 1. The molecular weight excluding hydrogens is 396 g/mol. The van der Waals surface area contributed by atoms with Crippen LogP contribution in [0.3, 0.4) is 0 Å². The SMILES string of the molecule is Cn1nc(Cn2nc3n(c2=O)[C@H](C(=O)N2CCC(F)(F)C2)CCC3)c2cccnc21. The predicted octanol–water partition coefficient (Wildman–Crippen LogP) is 1.12. The molecule has 0 saturated carbocycles. The van der Waals surface area contributed by atoms with Crippen molar-refractivity contribution >= 4 is 16.9 Å². The third-order valence-corrected chi connectivity index (χ3v) is 5.87. The van der Waals surface area contributed by atoms with Crippen molar-refractivity contribution in [1.29, 1.82) is 0 Å². The molecule has 3 aromatic rings. The summed E-state index contributed by atoms with van der Waals surface area (Å²) in [6.07, 6.45) is 3.01. The van der Waals surface area contributed by atoms with E-state index < -0.39 is 30.1 Å². The van der Waals surface area contributed by atoms with E-state index in [0.29, 0.717) is 36.4 Å². The number of carbonyl (C=O) groups excluding carboxylic acids is 1. The molecule has 5 heterocycles. The number of pyridine rings is 1. The van der Waals surface area contributed by atoms with E-state index in [-0.39, 0.29) is 19.5 Å². The number of carbonyl (C=O) groups is 1. The lowest BCUT2D eigenvalue weighted by Crippen LogP contribution is -2.42. The smallest absolute Gasteiger partial charge is 0.335 e. The zero-order valence-electron chi connectivity index (χ0n) is 16.5. The Morgan fingerprint density at radius 2 is 2.17 bits per heavy atom. The molecule has 5 rings (SSSR count). The fraction of sp³-hybridized carbons (Fsp3) is 0.526. The second kappa shape index (κ2) is 6.71. The van der Waals surface area contributed by atoms with Gasteiger partial charge in [0.2, 0.25) is 5.91 Å². The van der Waals surface area contributed by atoms with Gasteiger partial charge in [-0.15, -0.1) is 0 Å². The third kappa shape index (κ3) is 2.99. The van der Waals surface area contributed by atoms with Crippen LogP contribution < -0.4 is 5.69 Å². The lowest BCUT2D eigenvalue weighted by molar-refractivity contribution is -0.135. The van der Waals surface area contributed by atoms with Crippen molar-refractivity contribution in [3.63, 3.8) is 0 Å². The van der Waals surface area contributed by atoms with Crippen molar-refractivity contribution in [2.24, 2.45) is 7.05 Å². The standard InChI is InChI=1S/C19H21F2N7O2/c1-25-16-12(4-3-8-22-16)13(23-25)10-27-18(30)28-14(5-2-6-15(28)24-27)17(29)26-9-7-19(20,21)11-26/h3-4,8,14H,2,5-7,9-11H2,1H3/t14-/m0/s1. The van der Waals surface area contributed by atoms with Gasteiger partial charge in [-0.3, -0.25) is 14.0 Å². The Balaban J connectivity index is 1.48. The normalized spacial score (nSPS) is 20.6. The molecule has 3 aromatic heterocycles. The second-order valence-electron chi connectivity index (χ2n) is 7.95. The summed E-state index contributed by atoms with van der Waals surface area (Å²) < 4.78 is 31.5. The van der Waals surface area contributed by atoms with Crippen molar-refractivity contribution in [3.8, 4) is 0 Å². The zero-order chi connectivity index (χ0) is 21.0. The minimum atomic E-state index is -2.86. The van der Waals surface area contributed by atoms with Crippen LogP contribution in [-0.2, 0) is 24.8 Å². The second-order valence-corrected chi connectivity index (χ2v) is 7.95. The number of fused-ring (bicyclic) bond motifs is 2. The van der Waals surface area contributed by atoms with Gasteiger partial charge in [0, 0.05) is 38.0 Å². The molecule has 2 aliphatic heterocycles. The molecule has 158 valence electrons. The number of nitrogens with zero attached hydrogens (tertiary/aromatic N) is 7. The van der Waals surface area contributed by atoms with Gasteiger partial charge >= 0.3 is 5.69 Å². The third-order valence-electron chi connectivity index (χ3n) is 5.87. The maximum Gasteiger partial charge on any atom is 0.347 e. The van der Waals surface area contributed by atoms with E-state index in [2.05, 4.69) is 15.2 Å². The largest absolute Gasteiger partial charge is 0.347 e. The molecule has 1 amide bonds. The van der Waals surface area contributed by atoms with Crippen molar-refractivity contribution in [2.45, 2.75) is 44.2 Å². The van der Waals surface area contributed by atoms with Crippen LogP contribution in [0.5, 0.6) is 0 Å². The van der Waals surface area contributed by atoms with Gasteiger partial charge in [-0.1, -0.05) is 0 Å². The van der Waals surface area contributed by atoms with Gasteiger partial charge in [0.25, 0.3) is 5.92 Å². The number of likely N-dealkylation sites (tertiary alicyclic amines) is 1. The number of aromatic nitrogens is 6. The van der Waals surface area contributed by atoms with E-state index in [1.54, 1.807) is 24.0 Å². The molecule has 0 aliphatic carbocycles. The minimum Gasteiger partial charge on any atom is -0.335 e. The highest BCUT2D eigenvalue weighted by atomic mass is 19.3. The maximum absolute atomic E-state index is 13.6. The van der Waals surface area contributed by atoms with Crippen LogP contribution in [0.15, 0.2) is 23.1 Å². The number of halogens is 2. The lowest BCUT2D eigenvalue weighted by Gasteiger charge is -2.27. The predicted molar refractivity (Wildman–Crippen MR) is 102 cm³/mol. The molecule has 11 heteroatoms. The Morgan fingerprint density at radius 3 is 2.93 bits per heavy atom. The van der Waals surface area contributed by atoms with Crippen LogP contribution in [-0.4, -0.2) is 58.9 Å². The van der Waals surface area contributed by atoms with Gasteiger partial charge in [0.1, 0.15) is 11.9 Å². The fourth-order valence-corrected chi connectivity index (χ4v) is 4.42. The minimum absolute atomic E-state index is 0.00742. The van der Waals surface area contributed by atoms with Gasteiger partial charge < -0.3 is 4.90 Å². The van der Waals surface area contributed by atoms with Crippen LogP contribution in [0.2, 0.25) is 0 Å².